The van der Waals surface area contributed by atoms with Crippen molar-refractivity contribution >= 4 is 85.8 Å². The van der Waals surface area contributed by atoms with Gasteiger partial charge in [0.1, 0.15) is 0 Å². The number of nitrogens with zero attached hydrogens (tertiary/aromatic N) is 3. The Balaban J connectivity index is 1.39. The van der Waals surface area contributed by atoms with Gasteiger partial charge in [-0.25, -0.2) is 9.97 Å². The molecule has 0 aliphatic carbocycles. The first kappa shape index (κ1) is 23.9. The standard InChI is InChI=1S/C40H23N3S/c1-2-12-26(13-3-1)37-31-16-8-9-17-34(31)41-40(42-37)43-35-22-33-30-21-19-25-11-5-7-15-28(25)39(30)44-36(33)23-32(35)29-20-18-24-10-4-6-14-27(24)38(29)43/h1-23H. The van der Waals surface area contributed by atoms with E-state index in [0.717, 1.165) is 33.2 Å². The molecule has 0 aliphatic rings. The third-order valence-corrected chi connectivity index (χ3v) is 10.2. The molecule has 4 heteroatoms. The molecular weight excluding hydrogens is 555 g/mol. The minimum absolute atomic E-state index is 0.684. The number of rotatable bonds is 2. The van der Waals surface area contributed by atoms with Crippen LogP contribution >= 0.6 is 11.3 Å². The molecule has 204 valence electrons. The van der Waals surface area contributed by atoms with E-state index in [9.17, 15) is 0 Å². The number of thiophene rings is 1. The van der Waals surface area contributed by atoms with Crippen molar-refractivity contribution in [2.75, 3.05) is 0 Å². The second kappa shape index (κ2) is 8.96. The van der Waals surface area contributed by atoms with E-state index in [4.69, 9.17) is 9.97 Å². The summed E-state index contributed by atoms with van der Waals surface area (Å²) in [6, 6.07) is 49.9. The fraction of sp³-hybridized carbons (Fsp3) is 0. The normalized spacial score (nSPS) is 12.1. The van der Waals surface area contributed by atoms with E-state index in [0.29, 0.717) is 5.95 Å². The van der Waals surface area contributed by atoms with Gasteiger partial charge in [-0.2, -0.15) is 0 Å². The van der Waals surface area contributed by atoms with Gasteiger partial charge in [-0.05, 0) is 34.4 Å². The van der Waals surface area contributed by atoms with E-state index in [1.807, 2.05) is 17.4 Å². The van der Waals surface area contributed by atoms with E-state index >= 15 is 0 Å². The van der Waals surface area contributed by atoms with Crippen LogP contribution in [0.1, 0.15) is 0 Å². The molecule has 0 atom stereocenters. The van der Waals surface area contributed by atoms with E-state index in [2.05, 4.69) is 138 Å². The summed E-state index contributed by atoms with van der Waals surface area (Å²) in [4.78, 5) is 10.6. The molecule has 3 nitrogen and oxygen atoms in total. The molecule has 0 N–H and O–H groups in total. The fourth-order valence-electron chi connectivity index (χ4n) is 6.96. The van der Waals surface area contributed by atoms with Gasteiger partial charge in [0.25, 0.3) is 0 Å². The summed E-state index contributed by atoms with van der Waals surface area (Å²) < 4.78 is 4.93. The number of hydrogen-bond acceptors (Lipinski definition) is 3. The van der Waals surface area contributed by atoms with Gasteiger partial charge in [0.05, 0.1) is 22.2 Å². The molecule has 0 unspecified atom stereocenters. The van der Waals surface area contributed by atoms with Gasteiger partial charge in [0.15, 0.2) is 0 Å². The molecule has 10 rings (SSSR count). The molecule has 7 aromatic carbocycles. The van der Waals surface area contributed by atoms with Crippen molar-refractivity contribution in [3.8, 4) is 17.2 Å². The molecule has 0 fully saturated rings. The van der Waals surface area contributed by atoms with Gasteiger partial charge in [-0.15, -0.1) is 11.3 Å². The molecule has 10 aromatic rings. The maximum absolute atomic E-state index is 5.35. The second-order valence-electron chi connectivity index (χ2n) is 11.4. The zero-order chi connectivity index (χ0) is 28.8. The van der Waals surface area contributed by atoms with Crippen LogP contribution in [0.15, 0.2) is 140 Å². The van der Waals surface area contributed by atoms with Gasteiger partial charge in [-0.3, -0.25) is 4.57 Å². The van der Waals surface area contributed by atoms with Gasteiger partial charge < -0.3 is 0 Å². The zero-order valence-electron chi connectivity index (χ0n) is 23.5. The Morgan fingerprint density at radius 3 is 2.00 bits per heavy atom. The number of fused-ring (bicyclic) bond motifs is 11. The van der Waals surface area contributed by atoms with Crippen LogP contribution < -0.4 is 0 Å². The van der Waals surface area contributed by atoms with Crippen LogP contribution in [-0.2, 0) is 0 Å². The number of benzene rings is 7. The first-order valence-electron chi connectivity index (χ1n) is 14.8. The summed E-state index contributed by atoms with van der Waals surface area (Å²) in [5, 5.41) is 11.0. The average molecular weight is 578 g/mol. The van der Waals surface area contributed by atoms with Crippen molar-refractivity contribution in [2.45, 2.75) is 0 Å². The highest BCUT2D eigenvalue weighted by molar-refractivity contribution is 7.26. The number of hydrogen-bond donors (Lipinski definition) is 0. The Bertz CT molecular complexity index is 2770. The van der Waals surface area contributed by atoms with Crippen LogP contribution in [0.4, 0.5) is 0 Å². The van der Waals surface area contributed by atoms with Crippen molar-refractivity contribution < 1.29 is 0 Å². The third kappa shape index (κ3) is 3.31. The maximum Gasteiger partial charge on any atom is 0.235 e. The highest BCUT2D eigenvalue weighted by atomic mass is 32.1. The van der Waals surface area contributed by atoms with Crippen LogP contribution in [0.3, 0.4) is 0 Å². The second-order valence-corrected chi connectivity index (χ2v) is 12.5. The van der Waals surface area contributed by atoms with E-state index < -0.39 is 0 Å². The van der Waals surface area contributed by atoms with Crippen molar-refractivity contribution in [1.82, 2.24) is 14.5 Å². The largest absolute Gasteiger partial charge is 0.277 e. The van der Waals surface area contributed by atoms with Crippen LogP contribution in [0.25, 0.3) is 91.6 Å². The Hall–Kier alpha value is -5.58. The summed E-state index contributed by atoms with van der Waals surface area (Å²) >= 11 is 1.88. The predicted octanol–water partition coefficient (Wildman–Crippen LogP) is 11.1. The van der Waals surface area contributed by atoms with Crippen molar-refractivity contribution in [2.24, 2.45) is 0 Å². The van der Waals surface area contributed by atoms with Gasteiger partial charge >= 0.3 is 0 Å². The molecule has 0 aliphatic heterocycles. The molecule has 3 aromatic heterocycles. The van der Waals surface area contributed by atoms with E-state index in [1.165, 1.54) is 52.5 Å². The Morgan fingerprint density at radius 2 is 1.16 bits per heavy atom. The van der Waals surface area contributed by atoms with E-state index in [1.54, 1.807) is 0 Å². The minimum Gasteiger partial charge on any atom is -0.277 e. The minimum atomic E-state index is 0.684. The molecule has 0 spiro atoms. The maximum atomic E-state index is 5.35. The SMILES string of the molecule is c1ccc(-c2nc(-n3c4cc5c(cc4c4ccc6ccccc6c43)sc3c4ccccc4ccc53)nc3ccccc23)cc1. The molecule has 0 saturated carbocycles. The Labute approximate surface area is 256 Å². The van der Waals surface area contributed by atoms with Crippen molar-refractivity contribution in [3.05, 3.63) is 140 Å². The van der Waals surface area contributed by atoms with Gasteiger partial charge in [0.2, 0.25) is 5.95 Å². The van der Waals surface area contributed by atoms with Crippen molar-refractivity contribution in [3.63, 3.8) is 0 Å². The lowest BCUT2D eigenvalue weighted by Crippen LogP contribution is -2.03. The highest BCUT2D eigenvalue weighted by Gasteiger charge is 2.21. The first-order chi connectivity index (χ1) is 21.8. The molecule has 0 saturated heterocycles. The zero-order valence-corrected chi connectivity index (χ0v) is 24.3. The van der Waals surface area contributed by atoms with Gasteiger partial charge in [0, 0.05) is 47.3 Å². The summed E-state index contributed by atoms with van der Waals surface area (Å²) in [7, 11) is 0. The molecule has 0 radical (unpaired) electrons. The van der Waals surface area contributed by atoms with Crippen LogP contribution in [0, 0.1) is 0 Å². The summed E-state index contributed by atoms with van der Waals surface area (Å²) in [5.41, 5.74) is 5.21. The quantitative estimate of drug-likeness (QED) is 0.205. The average Bonchev–Trinajstić information content (AvgIpc) is 3.62. The number of para-hydroxylation sites is 1. The number of aromatic nitrogens is 3. The van der Waals surface area contributed by atoms with Crippen molar-refractivity contribution in [1.29, 1.82) is 0 Å². The summed E-state index contributed by atoms with van der Waals surface area (Å²) in [5.74, 6) is 0.684. The summed E-state index contributed by atoms with van der Waals surface area (Å²) in [6.07, 6.45) is 0. The fourth-order valence-corrected chi connectivity index (χ4v) is 8.22. The Morgan fingerprint density at radius 1 is 0.477 bits per heavy atom. The van der Waals surface area contributed by atoms with E-state index in [-0.39, 0.29) is 0 Å². The molecule has 0 bridgehead atoms. The monoisotopic (exact) mass is 577 g/mol. The lowest BCUT2D eigenvalue weighted by atomic mass is 10.0. The van der Waals surface area contributed by atoms with Crippen LogP contribution in [0.5, 0.6) is 0 Å². The van der Waals surface area contributed by atoms with Crippen LogP contribution in [0.2, 0.25) is 0 Å². The highest BCUT2D eigenvalue weighted by Crippen LogP contribution is 2.44. The smallest absolute Gasteiger partial charge is 0.235 e. The topological polar surface area (TPSA) is 30.7 Å². The van der Waals surface area contributed by atoms with Gasteiger partial charge in [-0.1, -0.05) is 121 Å². The summed E-state index contributed by atoms with van der Waals surface area (Å²) in [6.45, 7) is 0. The lowest BCUT2D eigenvalue weighted by molar-refractivity contribution is 1.02. The predicted molar refractivity (Wildman–Crippen MR) is 187 cm³/mol. The third-order valence-electron chi connectivity index (χ3n) is 8.97. The van der Waals surface area contributed by atoms with Crippen LogP contribution in [-0.4, -0.2) is 14.5 Å². The molecule has 44 heavy (non-hydrogen) atoms. The molecule has 0 amide bonds. The molecule has 3 heterocycles. The molecular formula is C40H23N3S. The Kier molecular flexibility index (Phi) is 4.87. The lowest BCUT2D eigenvalue weighted by Gasteiger charge is -2.12. The first-order valence-corrected chi connectivity index (χ1v) is 15.7.